The van der Waals surface area contributed by atoms with E-state index in [-0.39, 0.29) is 23.7 Å². The van der Waals surface area contributed by atoms with Crippen molar-refractivity contribution in [3.05, 3.63) is 70.8 Å². The number of likely N-dealkylation sites (tertiary alicyclic amines) is 1. The summed E-state index contributed by atoms with van der Waals surface area (Å²) in [6.45, 7) is 3.29. The highest BCUT2D eigenvalue weighted by Crippen LogP contribution is 2.38. The van der Waals surface area contributed by atoms with E-state index in [9.17, 15) is 31.1 Å². The van der Waals surface area contributed by atoms with Crippen LogP contribution in [0.1, 0.15) is 47.9 Å². The van der Waals surface area contributed by atoms with Crippen LogP contribution in [0.3, 0.4) is 0 Å². The summed E-state index contributed by atoms with van der Waals surface area (Å²) >= 11 is 0. The van der Waals surface area contributed by atoms with E-state index in [1.807, 2.05) is 11.8 Å². The summed E-state index contributed by atoms with van der Waals surface area (Å²) in [5.74, 6) is -0.950. The molecule has 0 aromatic heterocycles. The molecule has 0 saturated carbocycles. The smallest absolute Gasteiger partial charge is 0.416 e. The lowest BCUT2D eigenvalue weighted by atomic mass is 9.77. The normalized spacial score (nSPS) is 20.7. The Morgan fingerprint density at radius 2 is 1.47 bits per heavy atom. The third kappa shape index (κ3) is 6.31. The molecule has 1 saturated heterocycles. The SMILES string of the molecule is CCC(C(=O)OC)[C@H]1C[C@H](c2ccc(C(F)(F)F)cc2)CN(Cc2ccc(C(F)(F)F)cc2)C1. The average molecular weight is 487 g/mol. The second-order valence-electron chi connectivity index (χ2n) is 8.74. The molecule has 0 aliphatic carbocycles. The predicted octanol–water partition coefficient (Wildman–Crippen LogP) is 6.53. The Morgan fingerprint density at radius 1 is 0.941 bits per heavy atom. The number of carbonyl (C=O) groups excluding carboxylic acids is 1. The van der Waals surface area contributed by atoms with Crippen LogP contribution in [0.25, 0.3) is 0 Å². The number of esters is 1. The van der Waals surface area contributed by atoms with E-state index < -0.39 is 23.5 Å². The number of alkyl halides is 6. The molecule has 2 aromatic rings. The van der Waals surface area contributed by atoms with Crippen molar-refractivity contribution in [2.24, 2.45) is 11.8 Å². The van der Waals surface area contributed by atoms with Crippen LogP contribution in [0, 0.1) is 11.8 Å². The van der Waals surface area contributed by atoms with Gasteiger partial charge in [0.15, 0.2) is 0 Å². The Bertz CT molecular complexity index is 953. The number of nitrogens with zero attached hydrogens (tertiary/aromatic N) is 1. The van der Waals surface area contributed by atoms with Crippen molar-refractivity contribution in [2.75, 3.05) is 20.2 Å². The summed E-state index contributed by atoms with van der Waals surface area (Å²) < 4.78 is 82.5. The van der Waals surface area contributed by atoms with Crippen molar-refractivity contribution in [2.45, 2.75) is 44.6 Å². The molecule has 0 spiro atoms. The monoisotopic (exact) mass is 487 g/mol. The second-order valence-corrected chi connectivity index (χ2v) is 8.74. The third-order valence-electron chi connectivity index (χ3n) is 6.47. The van der Waals surface area contributed by atoms with Gasteiger partial charge in [0.25, 0.3) is 0 Å². The van der Waals surface area contributed by atoms with Gasteiger partial charge in [0.2, 0.25) is 0 Å². The van der Waals surface area contributed by atoms with Crippen LogP contribution in [-0.4, -0.2) is 31.1 Å². The number of rotatable bonds is 6. The minimum Gasteiger partial charge on any atom is -0.469 e. The highest BCUT2D eigenvalue weighted by Gasteiger charge is 2.37. The number of methoxy groups -OCH3 is 1. The minimum atomic E-state index is -4.43. The summed E-state index contributed by atoms with van der Waals surface area (Å²) in [6, 6.07) is 9.96. The number of hydrogen-bond acceptors (Lipinski definition) is 3. The largest absolute Gasteiger partial charge is 0.469 e. The lowest BCUT2D eigenvalue weighted by Gasteiger charge is -2.40. The van der Waals surface area contributed by atoms with Gasteiger partial charge in [-0.1, -0.05) is 31.2 Å². The van der Waals surface area contributed by atoms with Crippen molar-refractivity contribution >= 4 is 5.97 Å². The van der Waals surface area contributed by atoms with Gasteiger partial charge in [-0.15, -0.1) is 0 Å². The van der Waals surface area contributed by atoms with E-state index >= 15 is 0 Å². The Morgan fingerprint density at radius 3 is 1.94 bits per heavy atom. The standard InChI is InChI=1S/C25H27F6NO2/c1-3-22(23(33)34-2)19-12-18(17-6-10-21(11-7-17)25(29,30)31)14-32(15-19)13-16-4-8-20(9-5-16)24(26,27)28/h4-11,18-19,22H,3,12-15H2,1-2H3/t18-,19-,22?/m0/s1. The predicted molar refractivity (Wildman–Crippen MR) is 115 cm³/mol. The zero-order valence-corrected chi connectivity index (χ0v) is 18.9. The van der Waals surface area contributed by atoms with Gasteiger partial charge in [0.05, 0.1) is 24.2 Å². The quantitative estimate of drug-likeness (QED) is 0.343. The maximum Gasteiger partial charge on any atom is 0.416 e. The number of ether oxygens (including phenoxy) is 1. The first-order chi connectivity index (χ1) is 15.9. The molecule has 1 fully saturated rings. The molecule has 1 aliphatic heterocycles. The Hall–Kier alpha value is -2.55. The summed E-state index contributed by atoms with van der Waals surface area (Å²) in [5, 5.41) is 0. The van der Waals surface area contributed by atoms with Gasteiger partial charge in [0.1, 0.15) is 0 Å². The molecular formula is C25H27F6NO2. The lowest BCUT2D eigenvalue weighted by Crippen LogP contribution is -2.43. The number of piperidine rings is 1. The van der Waals surface area contributed by atoms with Crippen LogP contribution in [0.4, 0.5) is 26.3 Å². The van der Waals surface area contributed by atoms with Crippen molar-refractivity contribution in [3.8, 4) is 0 Å². The van der Waals surface area contributed by atoms with Crippen molar-refractivity contribution < 1.29 is 35.9 Å². The van der Waals surface area contributed by atoms with E-state index in [0.29, 0.717) is 38.0 Å². The van der Waals surface area contributed by atoms with E-state index in [1.54, 1.807) is 0 Å². The second kappa shape index (κ2) is 10.4. The van der Waals surface area contributed by atoms with Gasteiger partial charge in [-0.2, -0.15) is 26.3 Å². The summed E-state index contributed by atoms with van der Waals surface area (Å²) in [4.78, 5) is 14.4. The number of benzene rings is 2. The molecule has 1 aliphatic rings. The first-order valence-electron chi connectivity index (χ1n) is 11.1. The van der Waals surface area contributed by atoms with E-state index in [0.717, 1.165) is 29.8 Å². The maximum absolute atomic E-state index is 13.0. The Kier molecular flexibility index (Phi) is 7.95. The van der Waals surface area contributed by atoms with Crippen LogP contribution >= 0.6 is 0 Å². The zero-order chi connectivity index (χ0) is 25.1. The van der Waals surface area contributed by atoms with Crippen molar-refractivity contribution in [1.29, 1.82) is 0 Å². The minimum absolute atomic E-state index is 0.104. The average Bonchev–Trinajstić information content (AvgIpc) is 2.78. The van der Waals surface area contributed by atoms with Gasteiger partial charge in [-0.25, -0.2) is 0 Å². The van der Waals surface area contributed by atoms with Gasteiger partial charge in [-0.3, -0.25) is 9.69 Å². The molecule has 1 heterocycles. The molecular weight excluding hydrogens is 460 g/mol. The van der Waals surface area contributed by atoms with Gasteiger partial charge >= 0.3 is 18.3 Å². The van der Waals surface area contributed by atoms with Gasteiger partial charge in [0, 0.05) is 19.6 Å². The van der Waals surface area contributed by atoms with Crippen LogP contribution in [0.15, 0.2) is 48.5 Å². The molecule has 3 nitrogen and oxygen atoms in total. The highest BCUT2D eigenvalue weighted by molar-refractivity contribution is 5.72. The van der Waals surface area contributed by atoms with Crippen molar-refractivity contribution in [1.82, 2.24) is 4.90 Å². The molecule has 0 N–H and O–H groups in total. The first-order valence-corrected chi connectivity index (χ1v) is 11.1. The number of carbonyl (C=O) groups is 1. The van der Waals surface area contributed by atoms with E-state index in [4.69, 9.17) is 4.74 Å². The molecule has 34 heavy (non-hydrogen) atoms. The molecule has 1 unspecified atom stereocenters. The molecule has 0 amide bonds. The molecule has 0 radical (unpaired) electrons. The molecule has 186 valence electrons. The van der Waals surface area contributed by atoms with E-state index in [1.165, 1.54) is 31.4 Å². The fourth-order valence-corrected chi connectivity index (χ4v) is 4.74. The number of hydrogen-bond donors (Lipinski definition) is 0. The molecule has 0 bridgehead atoms. The Labute approximate surface area is 194 Å². The van der Waals surface area contributed by atoms with Gasteiger partial charge < -0.3 is 4.74 Å². The zero-order valence-electron chi connectivity index (χ0n) is 18.9. The lowest BCUT2D eigenvalue weighted by molar-refractivity contribution is -0.148. The summed E-state index contributed by atoms with van der Waals surface area (Å²) in [6.07, 6.45) is -7.70. The van der Waals surface area contributed by atoms with Crippen LogP contribution in [0.2, 0.25) is 0 Å². The fraction of sp³-hybridized carbons (Fsp3) is 0.480. The molecule has 3 atom stereocenters. The first kappa shape index (κ1) is 26.1. The fourth-order valence-electron chi connectivity index (χ4n) is 4.74. The summed E-state index contributed by atoms with van der Waals surface area (Å²) in [7, 11) is 1.32. The topological polar surface area (TPSA) is 29.5 Å². The highest BCUT2D eigenvalue weighted by atomic mass is 19.4. The van der Waals surface area contributed by atoms with Crippen LogP contribution < -0.4 is 0 Å². The molecule has 9 heteroatoms. The number of halogens is 6. The van der Waals surface area contributed by atoms with Crippen LogP contribution in [-0.2, 0) is 28.4 Å². The van der Waals surface area contributed by atoms with Crippen molar-refractivity contribution in [3.63, 3.8) is 0 Å². The third-order valence-corrected chi connectivity index (χ3v) is 6.47. The molecule has 2 aromatic carbocycles. The van der Waals surface area contributed by atoms with Gasteiger partial charge in [-0.05, 0) is 60.1 Å². The molecule has 3 rings (SSSR count). The maximum atomic E-state index is 13.0. The summed E-state index contributed by atoms with van der Waals surface area (Å²) in [5.41, 5.74) is -0.0425. The van der Waals surface area contributed by atoms with E-state index in [2.05, 4.69) is 0 Å². The van der Waals surface area contributed by atoms with Crippen LogP contribution in [0.5, 0.6) is 0 Å². The Balaban J connectivity index is 1.84.